The van der Waals surface area contributed by atoms with Crippen molar-refractivity contribution < 1.29 is 4.79 Å². The minimum absolute atomic E-state index is 0.109. The Morgan fingerprint density at radius 1 is 0.875 bits per heavy atom. The molecule has 0 fully saturated rings. The van der Waals surface area contributed by atoms with E-state index < -0.39 is 0 Å². The van der Waals surface area contributed by atoms with Crippen LogP contribution in [0.5, 0.6) is 0 Å². The van der Waals surface area contributed by atoms with Crippen LogP contribution in [0.15, 0.2) is 71.9 Å². The van der Waals surface area contributed by atoms with Gasteiger partial charge in [-0.3, -0.25) is 9.36 Å². The first-order valence-corrected chi connectivity index (χ1v) is 11.5. The second-order valence-electron chi connectivity index (χ2n) is 7.89. The summed E-state index contributed by atoms with van der Waals surface area (Å²) in [6, 6.07) is 21.9. The van der Waals surface area contributed by atoms with Gasteiger partial charge in [0, 0.05) is 17.0 Å². The van der Waals surface area contributed by atoms with Crippen LogP contribution in [0.3, 0.4) is 0 Å². The quantitative estimate of drug-likeness (QED) is 0.370. The summed E-state index contributed by atoms with van der Waals surface area (Å²) in [7, 11) is 0. The maximum Gasteiger partial charge on any atom is 0.255 e. The molecule has 0 radical (unpaired) electrons. The number of amides is 1. The first kappa shape index (κ1) is 21.8. The molecule has 0 unspecified atom stereocenters. The van der Waals surface area contributed by atoms with Gasteiger partial charge >= 0.3 is 0 Å². The highest BCUT2D eigenvalue weighted by atomic mass is 32.2. The van der Waals surface area contributed by atoms with Crippen LogP contribution in [0, 0.1) is 27.7 Å². The molecule has 32 heavy (non-hydrogen) atoms. The highest BCUT2D eigenvalue weighted by molar-refractivity contribution is 7.98. The fourth-order valence-corrected chi connectivity index (χ4v) is 4.40. The molecule has 4 rings (SSSR count). The van der Waals surface area contributed by atoms with Crippen LogP contribution in [0.4, 0.5) is 5.69 Å². The van der Waals surface area contributed by atoms with Crippen molar-refractivity contribution >= 4 is 23.4 Å². The number of rotatable bonds is 6. The Morgan fingerprint density at radius 3 is 2.34 bits per heavy atom. The van der Waals surface area contributed by atoms with Crippen LogP contribution in [0.1, 0.15) is 38.4 Å². The summed E-state index contributed by atoms with van der Waals surface area (Å²) in [4.78, 5) is 12.6. The average Bonchev–Trinajstić information content (AvgIpc) is 3.15. The summed E-state index contributed by atoms with van der Waals surface area (Å²) >= 11 is 1.63. The highest BCUT2D eigenvalue weighted by Gasteiger charge is 2.13. The van der Waals surface area contributed by atoms with Crippen LogP contribution in [-0.4, -0.2) is 20.7 Å². The van der Waals surface area contributed by atoms with E-state index in [1.807, 2.05) is 68.4 Å². The number of benzene rings is 3. The fraction of sp³-hybridized carbons (Fsp3) is 0.192. The van der Waals surface area contributed by atoms with Crippen molar-refractivity contribution in [2.45, 2.75) is 38.6 Å². The molecule has 4 aromatic rings. The first-order chi connectivity index (χ1) is 15.4. The van der Waals surface area contributed by atoms with Gasteiger partial charge < -0.3 is 5.32 Å². The monoisotopic (exact) mass is 442 g/mol. The Kier molecular flexibility index (Phi) is 6.42. The van der Waals surface area contributed by atoms with E-state index in [1.54, 1.807) is 11.8 Å². The molecule has 1 aromatic heterocycles. The number of carbonyl (C=O) groups excluding carboxylic acids is 1. The molecule has 5 nitrogen and oxygen atoms in total. The third-order valence-electron chi connectivity index (χ3n) is 5.50. The second-order valence-corrected chi connectivity index (χ2v) is 8.83. The number of thioether (sulfide) groups is 1. The van der Waals surface area contributed by atoms with E-state index in [4.69, 9.17) is 0 Å². The van der Waals surface area contributed by atoms with Crippen LogP contribution < -0.4 is 5.32 Å². The van der Waals surface area contributed by atoms with Gasteiger partial charge in [-0.05, 0) is 80.3 Å². The summed E-state index contributed by atoms with van der Waals surface area (Å²) < 4.78 is 2.09. The number of hydrogen-bond donors (Lipinski definition) is 1. The van der Waals surface area contributed by atoms with E-state index in [0.717, 1.165) is 39.2 Å². The lowest BCUT2D eigenvalue weighted by molar-refractivity contribution is 0.102. The Labute approximate surface area is 192 Å². The van der Waals surface area contributed by atoms with Gasteiger partial charge in [0.05, 0.1) is 5.69 Å². The fourth-order valence-electron chi connectivity index (χ4n) is 3.45. The zero-order chi connectivity index (χ0) is 22.7. The SMILES string of the molecule is Cc1ccc(NC(=O)c2ccc(CSc3nnc(C)n3-c3ccccc3C)cc2)cc1C. The van der Waals surface area contributed by atoms with E-state index in [1.165, 1.54) is 11.1 Å². The predicted molar refractivity (Wildman–Crippen MR) is 131 cm³/mol. The van der Waals surface area contributed by atoms with Crippen molar-refractivity contribution in [1.29, 1.82) is 0 Å². The van der Waals surface area contributed by atoms with Gasteiger partial charge in [-0.15, -0.1) is 10.2 Å². The maximum atomic E-state index is 12.6. The zero-order valence-electron chi connectivity index (χ0n) is 18.7. The van der Waals surface area contributed by atoms with E-state index in [0.29, 0.717) is 5.56 Å². The molecule has 0 saturated heterocycles. The molecule has 6 heteroatoms. The molecular formula is C26H26N4OS. The molecule has 0 aliphatic heterocycles. The molecule has 3 aromatic carbocycles. The number of anilines is 1. The molecule has 0 saturated carbocycles. The van der Waals surface area contributed by atoms with Crippen LogP contribution >= 0.6 is 11.8 Å². The number of hydrogen-bond acceptors (Lipinski definition) is 4. The number of carbonyl (C=O) groups is 1. The largest absolute Gasteiger partial charge is 0.322 e. The number of para-hydroxylation sites is 1. The molecule has 0 aliphatic rings. The number of aryl methyl sites for hydroxylation is 4. The van der Waals surface area contributed by atoms with Crippen molar-refractivity contribution in [2.24, 2.45) is 0 Å². The molecule has 1 amide bonds. The smallest absolute Gasteiger partial charge is 0.255 e. The van der Waals surface area contributed by atoms with Crippen molar-refractivity contribution in [3.05, 3.63) is 100 Å². The van der Waals surface area contributed by atoms with Gasteiger partial charge in [-0.1, -0.05) is 48.2 Å². The van der Waals surface area contributed by atoms with Gasteiger partial charge in [0.25, 0.3) is 5.91 Å². The number of nitrogens with one attached hydrogen (secondary N) is 1. The third kappa shape index (κ3) is 4.75. The topological polar surface area (TPSA) is 59.8 Å². The number of nitrogens with zero attached hydrogens (tertiary/aromatic N) is 3. The minimum atomic E-state index is -0.109. The Morgan fingerprint density at radius 2 is 1.62 bits per heavy atom. The Hall–Kier alpha value is -3.38. The van der Waals surface area contributed by atoms with E-state index in [9.17, 15) is 4.79 Å². The Balaban J connectivity index is 1.43. The van der Waals surface area contributed by atoms with E-state index >= 15 is 0 Å². The molecule has 1 heterocycles. The Bertz CT molecular complexity index is 1260. The minimum Gasteiger partial charge on any atom is -0.322 e. The molecule has 0 bridgehead atoms. The van der Waals surface area contributed by atoms with Gasteiger partial charge in [0.15, 0.2) is 5.16 Å². The molecular weight excluding hydrogens is 416 g/mol. The summed E-state index contributed by atoms with van der Waals surface area (Å²) in [5, 5.41) is 12.5. The van der Waals surface area contributed by atoms with E-state index in [-0.39, 0.29) is 5.91 Å². The molecule has 162 valence electrons. The first-order valence-electron chi connectivity index (χ1n) is 10.5. The van der Waals surface area contributed by atoms with Crippen molar-refractivity contribution in [3.63, 3.8) is 0 Å². The second kappa shape index (κ2) is 9.40. The maximum absolute atomic E-state index is 12.6. The molecule has 0 atom stereocenters. The lowest BCUT2D eigenvalue weighted by Gasteiger charge is -2.11. The van der Waals surface area contributed by atoms with Crippen molar-refractivity contribution in [3.8, 4) is 5.69 Å². The zero-order valence-corrected chi connectivity index (χ0v) is 19.5. The van der Waals surface area contributed by atoms with E-state index in [2.05, 4.69) is 46.1 Å². The standard InChI is InChI=1S/C26H26N4OS/c1-17-9-14-23(15-19(17)3)27-25(31)22-12-10-21(11-13-22)16-32-26-29-28-20(4)30(26)24-8-6-5-7-18(24)2/h5-15H,16H2,1-4H3,(H,27,31). The van der Waals surface area contributed by atoms with Crippen LogP contribution in [-0.2, 0) is 5.75 Å². The molecule has 1 N–H and O–H groups in total. The normalized spacial score (nSPS) is 10.9. The van der Waals surface area contributed by atoms with Crippen LogP contribution in [0.25, 0.3) is 5.69 Å². The van der Waals surface area contributed by atoms with Gasteiger partial charge in [0.1, 0.15) is 5.82 Å². The van der Waals surface area contributed by atoms with Crippen LogP contribution in [0.2, 0.25) is 0 Å². The predicted octanol–water partition coefficient (Wildman–Crippen LogP) is 6.05. The van der Waals surface area contributed by atoms with Crippen molar-refractivity contribution in [1.82, 2.24) is 14.8 Å². The summed E-state index contributed by atoms with van der Waals surface area (Å²) in [5.74, 6) is 1.49. The van der Waals surface area contributed by atoms with Crippen molar-refractivity contribution in [2.75, 3.05) is 5.32 Å². The summed E-state index contributed by atoms with van der Waals surface area (Å²) in [6.07, 6.45) is 0. The lowest BCUT2D eigenvalue weighted by Crippen LogP contribution is -2.12. The van der Waals surface area contributed by atoms with Gasteiger partial charge in [-0.2, -0.15) is 0 Å². The average molecular weight is 443 g/mol. The summed E-state index contributed by atoms with van der Waals surface area (Å²) in [5.41, 5.74) is 7.20. The third-order valence-corrected chi connectivity index (χ3v) is 6.50. The summed E-state index contributed by atoms with van der Waals surface area (Å²) in [6.45, 7) is 8.15. The lowest BCUT2D eigenvalue weighted by atomic mass is 10.1. The van der Waals surface area contributed by atoms with Gasteiger partial charge in [-0.25, -0.2) is 0 Å². The molecule has 0 spiro atoms. The molecule has 0 aliphatic carbocycles. The highest BCUT2D eigenvalue weighted by Crippen LogP contribution is 2.26. The van der Waals surface area contributed by atoms with Gasteiger partial charge in [0.2, 0.25) is 0 Å². The number of aromatic nitrogens is 3.